The smallest absolute Gasteiger partial charge is 0.161 e. The third kappa shape index (κ3) is 5.76. The number of benzene rings is 2. The van der Waals surface area contributed by atoms with Gasteiger partial charge >= 0.3 is 0 Å². The lowest BCUT2D eigenvalue weighted by atomic mass is 10.0. The minimum Gasteiger partial charge on any atom is -0.504 e. The van der Waals surface area contributed by atoms with E-state index in [1.54, 1.807) is 37.3 Å². The highest BCUT2D eigenvalue weighted by molar-refractivity contribution is 5.43. The lowest BCUT2D eigenvalue weighted by Gasteiger charge is -2.28. The second-order valence-electron chi connectivity index (χ2n) is 6.35. The van der Waals surface area contributed by atoms with Crippen molar-refractivity contribution in [3.05, 3.63) is 48.0 Å². The van der Waals surface area contributed by atoms with Gasteiger partial charge in [-0.2, -0.15) is 0 Å². The van der Waals surface area contributed by atoms with Crippen LogP contribution in [0.2, 0.25) is 0 Å². The Labute approximate surface area is 165 Å². The highest BCUT2D eigenvalue weighted by Crippen LogP contribution is 2.35. The number of rotatable bonds is 11. The molecule has 154 valence electrons. The molecule has 0 saturated heterocycles. The third-order valence-corrected chi connectivity index (χ3v) is 4.23. The van der Waals surface area contributed by atoms with Gasteiger partial charge in [-0.3, -0.25) is 0 Å². The topological polar surface area (TPSA) is 97.6 Å². The molecule has 28 heavy (non-hydrogen) atoms. The van der Waals surface area contributed by atoms with Gasteiger partial charge in [-0.25, -0.2) is 0 Å². The minimum atomic E-state index is -0.750. The number of aromatic hydroxyl groups is 1. The summed E-state index contributed by atoms with van der Waals surface area (Å²) in [5, 5.41) is 29.4. The summed E-state index contributed by atoms with van der Waals surface area (Å²) >= 11 is 0. The maximum absolute atomic E-state index is 10.00. The van der Waals surface area contributed by atoms with E-state index >= 15 is 0 Å². The van der Waals surface area contributed by atoms with Crippen molar-refractivity contribution in [2.24, 2.45) is 0 Å². The molecule has 0 aliphatic rings. The zero-order chi connectivity index (χ0) is 20.5. The number of aliphatic hydroxyl groups excluding tert-OH is 2. The van der Waals surface area contributed by atoms with E-state index in [-0.39, 0.29) is 24.7 Å². The predicted molar refractivity (Wildman–Crippen MR) is 104 cm³/mol. The molecule has 0 aliphatic carbocycles. The van der Waals surface area contributed by atoms with Crippen LogP contribution >= 0.6 is 0 Å². The minimum absolute atomic E-state index is 0.000163. The molecule has 0 aliphatic heterocycles. The first kappa shape index (κ1) is 21.8. The van der Waals surface area contributed by atoms with Crippen LogP contribution in [-0.4, -0.2) is 55.0 Å². The van der Waals surface area contributed by atoms with E-state index in [9.17, 15) is 15.3 Å². The second kappa shape index (κ2) is 10.8. The number of para-hydroxylation sites is 2. The summed E-state index contributed by atoms with van der Waals surface area (Å²) in [5.74, 6) is 1.29. The molecule has 2 aromatic carbocycles. The van der Waals surface area contributed by atoms with Gasteiger partial charge in [0.1, 0.15) is 6.10 Å². The van der Waals surface area contributed by atoms with Crippen LogP contribution in [0, 0.1) is 0 Å². The van der Waals surface area contributed by atoms with Gasteiger partial charge in [0.15, 0.2) is 29.1 Å². The Morgan fingerprint density at radius 1 is 0.964 bits per heavy atom. The van der Waals surface area contributed by atoms with Gasteiger partial charge in [-0.15, -0.1) is 0 Å². The van der Waals surface area contributed by atoms with Crippen LogP contribution in [0.15, 0.2) is 42.5 Å². The van der Waals surface area contributed by atoms with Crippen LogP contribution in [0.3, 0.4) is 0 Å². The van der Waals surface area contributed by atoms with E-state index in [2.05, 4.69) is 0 Å². The fourth-order valence-corrected chi connectivity index (χ4v) is 2.73. The Balaban J connectivity index is 2.32. The molecule has 0 spiro atoms. The highest BCUT2D eigenvalue weighted by atomic mass is 16.6. The van der Waals surface area contributed by atoms with Gasteiger partial charge in [0.2, 0.25) is 0 Å². The average Bonchev–Trinajstić information content (AvgIpc) is 2.70. The van der Waals surface area contributed by atoms with E-state index in [1.807, 2.05) is 6.07 Å². The van der Waals surface area contributed by atoms with Crippen molar-refractivity contribution >= 4 is 0 Å². The van der Waals surface area contributed by atoms with E-state index in [1.165, 1.54) is 20.3 Å². The quantitative estimate of drug-likeness (QED) is 0.541. The number of ether oxygens (including phenoxy) is 4. The van der Waals surface area contributed by atoms with Crippen molar-refractivity contribution in [3.63, 3.8) is 0 Å². The Morgan fingerprint density at radius 3 is 2.25 bits per heavy atom. The molecular weight excluding hydrogens is 364 g/mol. The first-order chi connectivity index (χ1) is 13.5. The molecule has 0 aromatic heterocycles. The third-order valence-electron chi connectivity index (χ3n) is 4.23. The molecule has 0 saturated carbocycles. The molecule has 0 bridgehead atoms. The molecule has 2 aromatic rings. The van der Waals surface area contributed by atoms with Gasteiger partial charge in [0.05, 0.1) is 33.5 Å². The van der Waals surface area contributed by atoms with Crippen LogP contribution in [0.5, 0.6) is 23.0 Å². The number of methoxy groups -OCH3 is 2. The maximum Gasteiger partial charge on any atom is 0.161 e. The largest absolute Gasteiger partial charge is 0.504 e. The summed E-state index contributed by atoms with van der Waals surface area (Å²) in [5.41, 5.74) is 0.661. The van der Waals surface area contributed by atoms with Crippen LogP contribution in [0.1, 0.15) is 25.0 Å². The van der Waals surface area contributed by atoms with Crippen molar-refractivity contribution in [1.29, 1.82) is 0 Å². The van der Waals surface area contributed by atoms with Gasteiger partial charge in [0.25, 0.3) is 0 Å². The molecule has 0 radical (unpaired) electrons. The zero-order valence-electron chi connectivity index (χ0n) is 16.4. The van der Waals surface area contributed by atoms with Crippen LogP contribution in [-0.2, 0) is 4.74 Å². The molecule has 2 rings (SSSR count). The molecule has 0 heterocycles. The van der Waals surface area contributed by atoms with Crippen molar-refractivity contribution in [2.45, 2.75) is 31.7 Å². The predicted octanol–water partition coefficient (Wildman–Crippen LogP) is 2.68. The molecule has 7 heteroatoms. The average molecular weight is 392 g/mol. The Hall–Kier alpha value is -2.48. The van der Waals surface area contributed by atoms with Gasteiger partial charge in [0, 0.05) is 0 Å². The summed E-state index contributed by atoms with van der Waals surface area (Å²) in [4.78, 5) is 0. The van der Waals surface area contributed by atoms with Gasteiger partial charge in [-0.1, -0.05) is 18.2 Å². The van der Waals surface area contributed by atoms with Crippen molar-refractivity contribution in [3.8, 4) is 23.0 Å². The van der Waals surface area contributed by atoms with E-state index in [0.29, 0.717) is 23.5 Å². The lowest BCUT2D eigenvalue weighted by molar-refractivity contribution is -0.0552. The number of aliphatic hydroxyl groups is 2. The monoisotopic (exact) mass is 392 g/mol. The van der Waals surface area contributed by atoms with Crippen molar-refractivity contribution in [2.75, 3.05) is 27.4 Å². The molecule has 0 amide bonds. The SMILES string of the molecule is COc1cc(C(OCCC(C)O)C(CO)Oc2ccccc2OC)ccc1O. The molecule has 0 fully saturated rings. The number of phenols is 1. The molecule has 3 atom stereocenters. The fourth-order valence-electron chi connectivity index (χ4n) is 2.73. The fraction of sp³-hybridized carbons (Fsp3) is 0.429. The Kier molecular flexibility index (Phi) is 8.38. The van der Waals surface area contributed by atoms with E-state index < -0.39 is 18.3 Å². The standard InChI is InChI=1S/C21H28O7/c1-14(23)10-11-27-21(15-8-9-16(24)19(12-15)26-3)20(13-22)28-18-7-5-4-6-17(18)25-2/h4-9,12,14,20-24H,10-11,13H2,1-3H3. The van der Waals surface area contributed by atoms with Gasteiger partial charge < -0.3 is 34.3 Å². The summed E-state index contributed by atoms with van der Waals surface area (Å²) < 4.78 is 22.4. The van der Waals surface area contributed by atoms with Crippen molar-refractivity contribution in [1.82, 2.24) is 0 Å². The number of hydrogen-bond donors (Lipinski definition) is 3. The Bertz CT molecular complexity index is 732. The molecule has 7 nitrogen and oxygen atoms in total. The lowest BCUT2D eigenvalue weighted by Crippen LogP contribution is -2.32. The Morgan fingerprint density at radius 2 is 1.64 bits per heavy atom. The van der Waals surface area contributed by atoms with E-state index in [4.69, 9.17) is 18.9 Å². The summed E-state index contributed by atoms with van der Waals surface area (Å²) in [6.07, 6.45) is -1.50. The molecule has 3 N–H and O–H groups in total. The van der Waals surface area contributed by atoms with E-state index in [0.717, 1.165) is 0 Å². The normalized spacial score (nSPS) is 14.2. The maximum atomic E-state index is 10.00. The zero-order valence-corrected chi connectivity index (χ0v) is 16.4. The summed E-state index contributed by atoms with van der Waals surface area (Å²) in [7, 11) is 2.99. The van der Waals surface area contributed by atoms with Crippen LogP contribution in [0.4, 0.5) is 0 Å². The van der Waals surface area contributed by atoms with Crippen LogP contribution < -0.4 is 14.2 Å². The molecule has 3 unspecified atom stereocenters. The van der Waals surface area contributed by atoms with Crippen molar-refractivity contribution < 1.29 is 34.3 Å². The first-order valence-corrected chi connectivity index (χ1v) is 9.07. The number of phenolic OH excluding ortho intramolecular Hbond substituents is 1. The highest BCUT2D eigenvalue weighted by Gasteiger charge is 2.27. The summed E-state index contributed by atoms with van der Waals surface area (Å²) in [6, 6.07) is 11.9. The first-order valence-electron chi connectivity index (χ1n) is 9.07. The van der Waals surface area contributed by atoms with Crippen LogP contribution in [0.25, 0.3) is 0 Å². The second-order valence-corrected chi connectivity index (χ2v) is 6.35. The number of hydrogen-bond acceptors (Lipinski definition) is 7. The summed E-state index contributed by atoms with van der Waals surface area (Å²) in [6.45, 7) is 1.62. The molecular formula is C21H28O7. The van der Waals surface area contributed by atoms with Gasteiger partial charge in [-0.05, 0) is 43.2 Å².